The molecule has 2 aliphatic rings. The molecule has 0 bridgehead atoms. The van der Waals surface area contributed by atoms with Gasteiger partial charge in [-0.25, -0.2) is 0 Å². The Hall–Kier alpha value is -1.12. The summed E-state index contributed by atoms with van der Waals surface area (Å²) in [5, 5.41) is 0. The van der Waals surface area contributed by atoms with Gasteiger partial charge in [0.25, 0.3) is 11.8 Å². The highest BCUT2D eigenvalue weighted by molar-refractivity contribution is 6.19. The van der Waals surface area contributed by atoms with Gasteiger partial charge in [-0.1, -0.05) is 0 Å². The average Bonchev–Trinajstić information content (AvgIpc) is 2.33. The van der Waals surface area contributed by atoms with Gasteiger partial charge in [-0.3, -0.25) is 14.5 Å². The molecule has 0 N–H and O–H groups in total. The molecule has 0 saturated heterocycles. The maximum Gasteiger partial charge on any atom is 0.256 e. The maximum atomic E-state index is 11.4. The Morgan fingerprint density at radius 2 is 1.42 bits per heavy atom. The lowest BCUT2D eigenvalue weighted by Crippen LogP contribution is -2.26. The molecule has 0 unspecified atom stereocenters. The molecule has 0 radical (unpaired) electrons. The highest BCUT2D eigenvalue weighted by Crippen LogP contribution is 2.31. The molecule has 0 aromatic carbocycles. The van der Waals surface area contributed by atoms with Crippen LogP contribution in [0.2, 0.25) is 0 Å². The van der Waals surface area contributed by atoms with Crippen LogP contribution in [-0.4, -0.2) is 23.8 Å². The van der Waals surface area contributed by atoms with E-state index in [0.717, 1.165) is 36.8 Å². The summed E-state index contributed by atoms with van der Waals surface area (Å²) < 4.78 is 0. The van der Waals surface area contributed by atoms with Crippen LogP contribution in [0.1, 0.15) is 25.7 Å². The van der Waals surface area contributed by atoms with E-state index in [-0.39, 0.29) is 11.8 Å². The van der Waals surface area contributed by atoms with Crippen molar-refractivity contribution in [2.24, 2.45) is 0 Å². The second-order valence-corrected chi connectivity index (χ2v) is 3.33. The standard InChI is InChI=1S/C9H11NO2/c1-10-8(11)6-4-2-3-5-7(6)9(10)12/h2-5H2,1H3. The second-order valence-electron chi connectivity index (χ2n) is 3.33. The zero-order chi connectivity index (χ0) is 8.72. The first kappa shape index (κ1) is 7.53. The van der Waals surface area contributed by atoms with Crippen LogP contribution in [0.3, 0.4) is 0 Å². The zero-order valence-electron chi connectivity index (χ0n) is 7.09. The summed E-state index contributed by atoms with van der Waals surface area (Å²) in [4.78, 5) is 24.0. The van der Waals surface area contributed by atoms with Gasteiger partial charge in [0.2, 0.25) is 0 Å². The Bertz CT molecular complexity index is 263. The molecule has 1 aliphatic heterocycles. The Morgan fingerprint density at radius 3 is 1.83 bits per heavy atom. The van der Waals surface area contributed by atoms with E-state index in [4.69, 9.17) is 0 Å². The number of likely N-dealkylation sites (N-methyl/N-ethyl adjacent to an activating group) is 1. The fourth-order valence-corrected chi connectivity index (χ4v) is 1.87. The fraction of sp³-hybridized carbons (Fsp3) is 0.556. The lowest BCUT2D eigenvalue weighted by molar-refractivity contribution is -0.135. The van der Waals surface area contributed by atoms with E-state index in [0.29, 0.717) is 0 Å². The number of hydrogen-bond donors (Lipinski definition) is 0. The average molecular weight is 165 g/mol. The monoisotopic (exact) mass is 165 g/mol. The van der Waals surface area contributed by atoms with E-state index >= 15 is 0 Å². The van der Waals surface area contributed by atoms with Crippen molar-refractivity contribution in [3.05, 3.63) is 11.1 Å². The van der Waals surface area contributed by atoms with Crippen molar-refractivity contribution in [3.8, 4) is 0 Å². The molecule has 3 nitrogen and oxygen atoms in total. The third kappa shape index (κ3) is 0.823. The number of nitrogens with zero attached hydrogens (tertiary/aromatic N) is 1. The van der Waals surface area contributed by atoms with Gasteiger partial charge >= 0.3 is 0 Å². The van der Waals surface area contributed by atoms with Crippen LogP contribution in [0.25, 0.3) is 0 Å². The molecule has 0 spiro atoms. The van der Waals surface area contributed by atoms with Crippen LogP contribution in [0.5, 0.6) is 0 Å². The molecule has 0 aromatic rings. The third-order valence-electron chi connectivity index (χ3n) is 2.59. The summed E-state index contributed by atoms with van der Waals surface area (Å²) in [6, 6.07) is 0. The smallest absolute Gasteiger partial charge is 0.256 e. The van der Waals surface area contributed by atoms with Crippen LogP contribution in [0, 0.1) is 0 Å². The summed E-state index contributed by atoms with van der Waals surface area (Å²) >= 11 is 0. The first-order valence-electron chi connectivity index (χ1n) is 4.26. The van der Waals surface area contributed by atoms with Gasteiger partial charge in [0, 0.05) is 18.2 Å². The molecule has 0 saturated carbocycles. The summed E-state index contributed by atoms with van der Waals surface area (Å²) in [7, 11) is 1.56. The number of imide groups is 1. The lowest BCUT2D eigenvalue weighted by atomic mass is 9.93. The molecule has 0 aromatic heterocycles. The molecule has 0 atom stereocenters. The zero-order valence-corrected chi connectivity index (χ0v) is 7.09. The van der Waals surface area contributed by atoms with Gasteiger partial charge in [-0.2, -0.15) is 0 Å². The largest absolute Gasteiger partial charge is 0.278 e. The fourth-order valence-electron chi connectivity index (χ4n) is 1.87. The van der Waals surface area contributed by atoms with Gasteiger partial charge in [0.1, 0.15) is 0 Å². The minimum Gasteiger partial charge on any atom is -0.278 e. The number of carbonyl (C=O) groups excluding carboxylic acids is 2. The highest BCUT2D eigenvalue weighted by Gasteiger charge is 2.35. The number of hydrogen-bond acceptors (Lipinski definition) is 2. The summed E-state index contributed by atoms with van der Waals surface area (Å²) in [5.41, 5.74) is 1.54. The van der Waals surface area contributed by atoms with Crippen molar-refractivity contribution in [2.45, 2.75) is 25.7 Å². The molecule has 1 aliphatic carbocycles. The van der Waals surface area contributed by atoms with Crippen LogP contribution < -0.4 is 0 Å². The first-order valence-corrected chi connectivity index (χ1v) is 4.26. The van der Waals surface area contributed by atoms with Crippen molar-refractivity contribution in [1.29, 1.82) is 0 Å². The van der Waals surface area contributed by atoms with E-state index in [1.165, 1.54) is 4.90 Å². The number of rotatable bonds is 0. The van der Waals surface area contributed by atoms with Crippen LogP contribution in [0.4, 0.5) is 0 Å². The lowest BCUT2D eigenvalue weighted by Gasteiger charge is -2.08. The molecular formula is C9H11NO2. The summed E-state index contributed by atoms with van der Waals surface area (Å²) in [6.45, 7) is 0. The van der Waals surface area contributed by atoms with Gasteiger partial charge in [-0.05, 0) is 25.7 Å². The van der Waals surface area contributed by atoms with Crippen molar-refractivity contribution in [3.63, 3.8) is 0 Å². The van der Waals surface area contributed by atoms with E-state index in [1.807, 2.05) is 0 Å². The molecular weight excluding hydrogens is 154 g/mol. The first-order chi connectivity index (χ1) is 5.72. The molecule has 3 heteroatoms. The number of amides is 2. The van der Waals surface area contributed by atoms with Crippen molar-refractivity contribution < 1.29 is 9.59 Å². The van der Waals surface area contributed by atoms with Crippen molar-refractivity contribution in [2.75, 3.05) is 7.05 Å². The van der Waals surface area contributed by atoms with Gasteiger partial charge in [0.05, 0.1) is 0 Å². The van der Waals surface area contributed by atoms with Crippen LogP contribution in [-0.2, 0) is 9.59 Å². The van der Waals surface area contributed by atoms with Gasteiger partial charge < -0.3 is 0 Å². The Morgan fingerprint density at radius 1 is 1.00 bits per heavy atom. The molecule has 64 valence electrons. The molecule has 1 heterocycles. The second kappa shape index (κ2) is 2.44. The van der Waals surface area contributed by atoms with Gasteiger partial charge in [0.15, 0.2) is 0 Å². The Labute approximate surface area is 71.0 Å². The van der Waals surface area contributed by atoms with Gasteiger partial charge in [-0.15, -0.1) is 0 Å². The molecule has 12 heavy (non-hydrogen) atoms. The predicted molar refractivity (Wildman–Crippen MR) is 43.3 cm³/mol. The Balaban J connectivity index is 2.41. The predicted octanol–water partition coefficient (Wildman–Crippen LogP) is 0.856. The normalized spacial score (nSPS) is 23.6. The van der Waals surface area contributed by atoms with Crippen molar-refractivity contribution in [1.82, 2.24) is 4.90 Å². The highest BCUT2D eigenvalue weighted by atomic mass is 16.2. The van der Waals surface area contributed by atoms with Crippen LogP contribution in [0.15, 0.2) is 11.1 Å². The van der Waals surface area contributed by atoms with E-state index in [2.05, 4.69) is 0 Å². The van der Waals surface area contributed by atoms with E-state index in [1.54, 1.807) is 7.05 Å². The molecule has 2 amide bonds. The minimum absolute atomic E-state index is 0.0744. The number of carbonyl (C=O) groups is 2. The van der Waals surface area contributed by atoms with E-state index < -0.39 is 0 Å². The SMILES string of the molecule is CN1C(=O)C2=C(CCCC2)C1=O. The van der Waals surface area contributed by atoms with Crippen molar-refractivity contribution >= 4 is 11.8 Å². The molecule has 0 fully saturated rings. The third-order valence-corrected chi connectivity index (χ3v) is 2.59. The quantitative estimate of drug-likeness (QED) is 0.499. The summed E-state index contributed by atoms with van der Waals surface area (Å²) in [5.74, 6) is -0.149. The Kier molecular flexibility index (Phi) is 1.53. The van der Waals surface area contributed by atoms with Crippen LogP contribution >= 0.6 is 0 Å². The summed E-state index contributed by atoms with van der Waals surface area (Å²) in [6.07, 6.45) is 3.69. The topological polar surface area (TPSA) is 37.4 Å². The molecule has 2 rings (SSSR count). The minimum atomic E-state index is -0.0744. The van der Waals surface area contributed by atoms with E-state index in [9.17, 15) is 9.59 Å². The maximum absolute atomic E-state index is 11.4.